The summed E-state index contributed by atoms with van der Waals surface area (Å²) in [5.74, 6) is 1.39. The highest BCUT2D eigenvalue weighted by Gasteiger charge is 2.10. The molecule has 4 nitrogen and oxygen atoms in total. The van der Waals surface area contributed by atoms with Crippen LogP contribution in [0.3, 0.4) is 0 Å². The molecule has 2 unspecified atom stereocenters. The number of hydrogen-bond acceptors (Lipinski definition) is 4. The van der Waals surface area contributed by atoms with Crippen molar-refractivity contribution in [1.29, 1.82) is 0 Å². The van der Waals surface area contributed by atoms with Gasteiger partial charge >= 0.3 is 0 Å². The Morgan fingerprint density at radius 3 is 1.95 bits per heavy atom. The van der Waals surface area contributed by atoms with Crippen molar-refractivity contribution < 1.29 is 9.47 Å². The summed E-state index contributed by atoms with van der Waals surface area (Å²) in [4.78, 5) is 2.16. The molecule has 0 aromatic heterocycles. The SMILES string of the molecule is C=CC1CCNC1.C=CC1CCOC1.C=CN1CCOCC1. The van der Waals surface area contributed by atoms with Crippen LogP contribution in [0.4, 0.5) is 0 Å². The van der Waals surface area contributed by atoms with Crippen molar-refractivity contribution >= 4 is 0 Å². The monoisotopic (exact) mass is 308 g/mol. The molecule has 3 aliphatic heterocycles. The van der Waals surface area contributed by atoms with Gasteiger partial charge in [-0.05, 0) is 31.5 Å². The van der Waals surface area contributed by atoms with E-state index in [9.17, 15) is 0 Å². The maximum absolute atomic E-state index is 5.11. The fraction of sp³-hybridized carbons (Fsp3) is 0.667. The van der Waals surface area contributed by atoms with Crippen LogP contribution in [0.1, 0.15) is 12.8 Å². The van der Waals surface area contributed by atoms with Crippen molar-refractivity contribution in [1.82, 2.24) is 10.2 Å². The lowest BCUT2D eigenvalue weighted by atomic mass is 10.1. The van der Waals surface area contributed by atoms with Gasteiger partial charge in [-0.1, -0.05) is 18.7 Å². The predicted octanol–water partition coefficient (Wildman–Crippen LogP) is 2.45. The van der Waals surface area contributed by atoms with E-state index in [1.165, 1.54) is 19.4 Å². The first-order valence-electron chi connectivity index (χ1n) is 8.28. The molecule has 0 bridgehead atoms. The summed E-state index contributed by atoms with van der Waals surface area (Å²) in [5.41, 5.74) is 0. The summed E-state index contributed by atoms with van der Waals surface area (Å²) in [6.07, 6.45) is 8.31. The summed E-state index contributed by atoms with van der Waals surface area (Å²) >= 11 is 0. The third-order valence-corrected chi connectivity index (χ3v) is 4.03. The standard InChI is InChI=1S/C6H11NO.C6H11N.C6H10O/c1-2-7-3-5-8-6-4-7;2*1-2-6-3-4-7-5-6/h2H,1,3-6H2;2,6-7H,1,3-5H2;2,6H,1,3-5H2. The molecular weight excluding hydrogens is 276 g/mol. The second-order valence-electron chi connectivity index (χ2n) is 5.68. The number of nitrogens with one attached hydrogen (secondary N) is 1. The minimum absolute atomic E-state index is 0.639. The van der Waals surface area contributed by atoms with Gasteiger partial charge in [0.1, 0.15) is 0 Å². The van der Waals surface area contributed by atoms with E-state index in [-0.39, 0.29) is 0 Å². The number of hydrogen-bond donors (Lipinski definition) is 1. The molecule has 3 fully saturated rings. The van der Waals surface area contributed by atoms with E-state index in [2.05, 4.69) is 30.0 Å². The van der Waals surface area contributed by atoms with Crippen LogP contribution < -0.4 is 5.32 Å². The molecule has 0 amide bonds. The third-order valence-electron chi connectivity index (χ3n) is 4.03. The van der Waals surface area contributed by atoms with Gasteiger partial charge in [0.05, 0.1) is 19.8 Å². The zero-order valence-corrected chi connectivity index (χ0v) is 13.8. The van der Waals surface area contributed by atoms with Gasteiger partial charge in [0.15, 0.2) is 0 Å². The fourth-order valence-electron chi connectivity index (χ4n) is 2.38. The molecule has 2 atom stereocenters. The Hall–Kier alpha value is -1.10. The maximum Gasteiger partial charge on any atom is 0.0642 e. The highest BCUT2D eigenvalue weighted by Crippen LogP contribution is 2.11. The van der Waals surface area contributed by atoms with Crippen LogP contribution in [0.25, 0.3) is 0 Å². The van der Waals surface area contributed by atoms with Crippen LogP contribution in [-0.2, 0) is 9.47 Å². The molecule has 4 heteroatoms. The molecule has 126 valence electrons. The Kier molecular flexibility index (Phi) is 10.7. The van der Waals surface area contributed by atoms with Gasteiger partial charge in [-0.2, -0.15) is 0 Å². The summed E-state index contributed by atoms with van der Waals surface area (Å²) < 4.78 is 10.2. The lowest BCUT2D eigenvalue weighted by Gasteiger charge is -2.24. The third kappa shape index (κ3) is 8.37. The van der Waals surface area contributed by atoms with Gasteiger partial charge in [-0.15, -0.1) is 13.2 Å². The number of rotatable bonds is 3. The molecule has 0 radical (unpaired) electrons. The number of ether oxygens (including phenoxy) is 2. The Balaban J connectivity index is 0.000000166. The maximum atomic E-state index is 5.11. The highest BCUT2D eigenvalue weighted by atomic mass is 16.5. The van der Waals surface area contributed by atoms with E-state index in [1.54, 1.807) is 0 Å². The zero-order chi connectivity index (χ0) is 16.0. The molecule has 22 heavy (non-hydrogen) atoms. The van der Waals surface area contributed by atoms with Crippen molar-refractivity contribution in [2.24, 2.45) is 11.8 Å². The molecule has 0 saturated carbocycles. The first-order valence-corrected chi connectivity index (χ1v) is 8.28. The van der Waals surface area contributed by atoms with E-state index in [0.29, 0.717) is 5.92 Å². The summed E-state index contributed by atoms with van der Waals surface area (Å²) in [7, 11) is 0. The van der Waals surface area contributed by atoms with E-state index in [4.69, 9.17) is 9.47 Å². The van der Waals surface area contributed by atoms with Crippen molar-refractivity contribution in [2.45, 2.75) is 12.8 Å². The lowest BCUT2D eigenvalue weighted by molar-refractivity contribution is 0.0596. The van der Waals surface area contributed by atoms with Crippen LogP contribution in [0.2, 0.25) is 0 Å². The molecule has 3 heterocycles. The Labute approximate surface area is 135 Å². The van der Waals surface area contributed by atoms with Gasteiger partial charge in [0, 0.05) is 32.2 Å². The smallest absolute Gasteiger partial charge is 0.0642 e. The van der Waals surface area contributed by atoms with Crippen LogP contribution >= 0.6 is 0 Å². The van der Waals surface area contributed by atoms with E-state index < -0.39 is 0 Å². The van der Waals surface area contributed by atoms with Gasteiger partial charge in [0.25, 0.3) is 0 Å². The van der Waals surface area contributed by atoms with Crippen molar-refractivity contribution in [3.8, 4) is 0 Å². The van der Waals surface area contributed by atoms with Crippen LogP contribution in [0.5, 0.6) is 0 Å². The van der Waals surface area contributed by atoms with E-state index >= 15 is 0 Å². The number of morpholine rings is 1. The van der Waals surface area contributed by atoms with E-state index in [1.807, 2.05) is 18.4 Å². The fourth-order valence-corrected chi connectivity index (χ4v) is 2.38. The van der Waals surface area contributed by atoms with Gasteiger partial charge in [-0.3, -0.25) is 0 Å². The van der Waals surface area contributed by atoms with Crippen LogP contribution in [0.15, 0.2) is 38.1 Å². The quantitative estimate of drug-likeness (QED) is 0.812. The molecule has 1 N–H and O–H groups in total. The van der Waals surface area contributed by atoms with E-state index in [0.717, 1.165) is 52.0 Å². The first-order chi connectivity index (χ1) is 10.8. The van der Waals surface area contributed by atoms with Crippen molar-refractivity contribution in [2.75, 3.05) is 52.6 Å². The highest BCUT2D eigenvalue weighted by molar-refractivity contribution is 4.85. The van der Waals surface area contributed by atoms with Gasteiger partial charge in [-0.25, -0.2) is 0 Å². The second kappa shape index (κ2) is 12.4. The van der Waals surface area contributed by atoms with Crippen molar-refractivity contribution in [3.63, 3.8) is 0 Å². The summed E-state index contributed by atoms with van der Waals surface area (Å²) in [6, 6.07) is 0. The van der Waals surface area contributed by atoms with Crippen LogP contribution in [0, 0.1) is 11.8 Å². The van der Waals surface area contributed by atoms with Gasteiger partial charge in [0.2, 0.25) is 0 Å². The molecule has 3 aliphatic rings. The molecule has 3 saturated heterocycles. The Morgan fingerprint density at radius 2 is 1.64 bits per heavy atom. The molecule has 0 aromatic carbocycles. The lowest BCUT2D eigenvalue weighted by Crippen LogP contribution is -2.31. The number of nitrogens with zero attached hydrogens (tertiary/aromatic N) is 1. The first kappa shape index (κ1) is 18.9. The van der Waals surface area contributed by atoms with Gasteiger partial charge < -0.3 is 19.7 Å². The zero-order valence-electron chi connectivity index (χ0n) is 13.8. The average molecular weight is 308 g/mol. The Bertz CT molecular complexity index is 282. The average Bonchev–Trinajstić information content (AvgIpc) is 3.29. The topological polar surface area (TPSA) is 33.7 Å². The summed E-state index contributed by atoms with van der Waals surface area (Å²) in [6.45, 7) is 18.9. The molecule has 0 spiro atoms. The minimum atomic E-state index is 0.639. The van der Waals surface area contributed by atoms with Crippen LogP contribution in [-0.4, -0.2) is 57.5 Å². The normalized spacial score (nSPS) is 27.0. The molecule has 0 aliphatic carbocycles. The molecule has 0 aromatic rings. The summed E-state index contributed by atoms with van der Waals surface area (Å²) in [5, 5.41) is 3.25. The predicted molar refractivity (Wildman–Crippen MR) is 92.9 cm³/mol. The largest absolute Gasteiger partial charge is 0.381 e. The molecule has 3 rings (SSSR count). The second-order valence-corrected chi connectivity index (χ2v) is 5.68. The Morgan fingerprint density at radius 1 is 0.909 bits per heavy atom. The van der Waals surface area contributed by atoms with Crippen molar-refractivity contribution in [3.05, 3.63) is 38.1 Å². The molecular formula is C18H32N2O2. The minimum Gasteiger partial charge on any atom is -0.381 e.